The predicted molar refractivity (Wildman–Crippen MR) is 58.3 cm³/mol. The fourth-order valence-electron chi connectivity index (χ4n) is 1.68. The molecule has 17 heavy (non-hydrogen) atoms. The SMILES string of the molecule is CC1CC1C(=O)N[C@H](CCCC(=O)O)C(=O)O. The quantitative estimate of drug-likeness (QED) is 0.603. The average Bonchev–Trinajstić information content (AvgIpc) is 2.93. The van der Waals surface area contributed by atoms with Crippen LogP contribution < -0.4 is 5.32 Å². The number of hydrogen-bond donors (Lipinski definition) is 3. The number of hydrogen-bond acceptors (Lipinski definition) is 3. The summed E-state index contributed by atoms with van der Waals surface area (Å²) in [6, 6.07) is -0.977. The number of aliphatic carboxylic acids is 2. The van der Waals surface area contributed by atoms with Crippen molar-refractivity contribution in [3.8, 4) is 0 Å². The number of amides is 1. The molecule has 1 aliphatic carbocycles. The maximum atomic E-state index is 11.5. The van der Waals surface area contributed by atoms with E-state index in [4.69, 9.17) is 10.2 Å². The fourth-order valence-corrected chi connectivity index (χ4v) is 1.68. The van der Waals surface area contributed by atoms with E-state index in [1.54, 1.807) is 0 Å². The van der Waals surface area contributed by atoms with Crippen LogP contribution in [-0.4, -0.2) is 34.1 Å². The summed E-state index contributed by atoms with van der Waals surface area (Å²) in [6.07, 6.45) is 1.11. The molecule has 6 heteroatoms. The minimum Gasteiger partial charge on any atom is -0.481 e. The normalized spacial score (nSPS) is 23.8. The Bertz CT molecular complexity index is 328. The van der Waals surface area contributed by atoms with Crippen molar-refractivity contribution < 1.29 is 24.6 Å². The summed E-state index contributed by atoms with van der Waals surface area (Å²) >= 11 is 0. The lowest BCUT2D eigenvalue weighted by molar-refractivity contribution is -0.143. The van der Waals surface area contributed by atoms with Gasteiger partial charge < -0.3 is 15.5 Å². The van der Waals surface area contributed by atoms with E-state index in [9.17, 15) is 14.4 Å². The van der Waals surface area contributed by atoms with Gasteiger partial charge in [0.1, 0.15) is 6.04 Å². The van der Waals surface area contributed by atoms with E-state index in [1.165, 1.54) is 0 Å². The Hall–Kier alpha value is -1.59. The standard InChI is InChI=1S/C11H17NO5/c1-6-5-7(6)10(15)12-8(11(16)17)3-2-4-9(13)14/h6-8H,2-5H2,1H3,(H,12,15)(H,13,14)(H,16,17)/t6?,7?,8-/m1/s1. The van der Waals surface area contributed by atoms with Crippen molar-refractivity contribution in [1.29, 1.82) is 0 Å². The molecular weight excluding hydrogens is 226 g/mol. The first-order valence-corrected chi connectivity index (χ1v) is 5.66. The minimum absolute atomic E-state index is 0.0728. The van der Waals surface area contributed by atoms with Crippen molar-refractivity contribution >= 4 is 17.8 Å². The van der Waals surface area contributed by atoms with Crippen LogP contribution in [0, 0.1) is 11.8 Å². The Labute approximate surface area is 99.0 Å². The summed E-state index contributed by atoms with van der Waals surface area (Å²) in [4.78, 5) is 32.7. The van der Waals surface area contributed by atoms with Crippen molar-refractivity contribution in [2.45, 2.75) is 38.6 Å². The number of carbonyl (C=O) groups is 3. The van der Waals surface area contributed by atoms with Crippen molar-refractivity contribution in [3.63, 3.8) is 0 Å². The summed E-state index contributed by atoms with van der Waals surface area (Å²) in [7, 11) is 0. The molecule has 0 heterocycles. The van der Waals surface area contributed by atoms with Gasteiger partial charge in [-0.3, -0.25) is 9.59 Å². The van der Waals surface area contributed by atoms with Crippen LogP contribution >= 0.6 is 0 Å². The highest BCUT2D eigenvalue weighted by Gasteiger charge is 2.40. The zero-order valence-corrected chi connectivity index (χ0v) is 9.68. The van der Waals surface area contributed by atoms with E-state index in [2.05, 4.69) is 5.32 Å². The lowest BCUT2D eigenvalue weighted by atomic mass is 10.1. The predicted octanol–water partition coefficient (Wildman–Crippen LogP) is 0.467. The first-order chi connectivity index (χ1) is 7.91. The lowest BCUT2D eigenvalue weighted by Crippen LogP contribution is -2.41. The highest BCUT2D eigenvalue weighted by molar-refractivity contribution is 5.86. The van der Waals surface area contributed by atoms with Crippen molar-refractivity contribution in [3.05, 3.63) is 0 Å². The average molecular weight is 243 g/mol. The van der Waals surface area contributed by atoms with Gasteiger partial charge in [-0.15, -0.1) is 0 Å². The van der Waals surface area contributed by atoms with Gasteiger partial charge in [-0.25, -0.2) is 4.79 Å². The van der Waals surface area contributed by atoms with Gasteiger partial charge in [-0.2, -0.15) is 0 Å². The molecule has 0 aromatic rings. The first-order valence-electron chi connectivity index (χ1n) is 5.66. The molecule has 0 saturated heterocycles. The topological polar surface area (TPSA) is 104 Å². The van der Waals surface area contributed by atoms with Gasteiger partial charge in [0.25, 0.3) is 0 Å². The molecule has 0 spiro atoms. The second-order valence-corrected chi connectivity index (χ2v) is 4.50. The molecule has 1 aliphatic rings. The highest BCUT2D eigenvalue weighted by atomic mass is 16.4. The van der Waals surface area contributed by atoms with Gasteiger partial charge in [0.2, 0.25) is 5.91 Å². The molecule has 3 N–H and O–H groups in total. The summed E-state index contributed by atoms with van der Waals surface area (Å²) < 4.78 is 0. The van der Waals surface area contributed by atoms with E-state index < -0.39 is 18.0 Å². The molecule has 1 amide bonds. The van der Waals surface area contributed by atoms with Crippen LogP contribution in [-0.2, 0) is 14.4 Å². The van der Waals surface area contributed by atoms with Crippen LogP contribution in [0.2, 0.25) is 0 Å². The number of carbonyl (C=O) groups excluding carboxylic acids is 1. The van der Waals surface area contributed by atoms with Gasteiger partial charge in [0.05, 0.1) is 0 Å². The fraction of sp³-hybridized carbons (Fsp3) is 0.727. The second-order valence-electron chi connectivity index (χ2n) is 4.50. The van der Waals surface area contributed by atoms with Gasteiger partial charge in [0.15, 0.2) is 0 Å². The molecule has 96 valence electrons. The maximum Gasteiger partial charge on any atom is 0.326 e. The maximum absolute atomic E-state index is 11.5. The van der Waals surface area contributed by atoms with E-state index in [0.29, 0.717) is 5.92 Å². The molecule has 6 nitrogen and oxygen atoms in total. The molecule has 2 unspecified atom stereocenters. The number of rotatable bonds is 7. The first kappa shape index (κ1) is 13.5. The smallest absolute Gasteiger partial charge is 0.326 e. The van der Waals surface area contributed by atoms with Gasteiger partial charge in [-0.05, 0) is 25.2 Å². The van der Waals surface area contributed by atoms with Crippen LogP contribution in [0.4, 0.5) is 0 Å². The van der Waals surface area contributed by atoms with Gasteiger partial charge in [-0.1, -0.05) is 6.92 Å². The zero-order valence-electron chi connectivity index (χ0n) is 9.68. The minimum atomic E-state index is -1.11. The third-order valence-corrected chi connectivity index (χ3v) is 2.94. The molecule has 1 fully saturated rings. The van der Waals surface area contributed by atoms with Crippen molar-refractivity contribution in [2.75, 3.05) is 0 Å². The number of carboxylic acid groups (broad SMARTS) is 2. The molecule has 0 bridgehead atoms. The Morgan fingerprint density at radius 3 is 2.35 bits per heavy atom. The van der Waals surface area contributed by atoms with Crippen LogP contribution in [0.25, 0.3) is 0 Å². The third-order valence-electron chi connectivity index (χ3n) is 2.94. The van der Waals surface area contributed by atoms with Gasteiger partial charge in [0, 0.05) is 12.3 Å². The molecule has 0 aromatic carbocycles. The summed E-state index contributed by atoms with van der Waals surface area (Å²) in [5.41, 5.74) is 0. The Morgan fingerprint density at radius 2 is 1.94 bits per heavy atom. The summed E-state index contributed by atoms with van der Waals surface area (Å²) in [5, 5.41) is 19.8. The Balaban J connectivity index is 2.35. The van der Waals surface area contributed by atoms with Gasteiger partial charge >= 0.3 is 11.9 Å². The molecule has 0 radical (unpaired) electrons. The second kappa shape index (κ2) is 5.65. The molecule has 3 atom stereocenters. The lowest BCUT2D eigenvalue weighted by Gasteiger charge is -2.13. The summed E-state index contributed by atoms with van der Waals surface area (Å²) in [6.45, 7) is 1.93. The molecule has 1 rings (SSSR count). The van der Waals surface area contributed by atoms with E-state index in [1.807, 2.05) is 6.92 Å². The van der Waals surface area contributed by atoms with E-state index in [0.717, 1.165) is 6.42 Å². The van der Waals surface area contributed by atoms with Crippen LogP contribution in [0.5, 0.6) is 0 Å². The largest absolute Gasteiger partial charge is 0.481 e. The highest BCUT2D eigenvalue weighted by Crippen LogP contribution is 2.37. The number of nitrogens with one attached hydrogen (secondary N) is 1. The molecular formula is C11H17NO5. The van der Waals surface area contributed by atoms with Crippen molar-refractivity contribution in [2.24, 2.45) is 11.8 Å². The van der Waals surface area contributed by atoms with Crippen LogP contribution in [0.15, 0.2) is 0 Å². The van der Waals surface area contributed by atoms with E-state index in [-0.39, 0.29) is 31.1 Å². The number of carboxylic acids is 2. The van der Waals surface area contributed by atoms with Crippen LogP contribution in [0.1, 0.15) is 32.6 Å². The Kier molecular flexibility index (Phi) is 4.48. The van der Waals surface area contributed by atoms with Crippen LogP contribution in [0.3, 0.4) is 0 Å². The Morgan fingerprint density at radius 1 is 1.35 bits per heavy atom. The summed E-state index contributed by atoms with van der Waals surface area (Å²) in [5.74, 6) is -2.06. The van der Waals surface area contributed by atoms with E-state index >= 15 is 0 Å². The molecule has 0 aliphatic heterocycles. The third kappa shape index (κ3) is 4.42. The molecule has 0 aromatic heterocycles. The van der Waals surface area contributed by atoms with Crippen molar-refractivity contribution in [1.82, 2.24) is 5.32 Å². The zero-order chi connectivity index (χ0) is 13.0. The molecule has 1 saturated carbocycles. The monoisotopic (exact) mass is 243 g/mol.